The van der Waals surface area contributed by atoms with Gasteiger partial charge in [-0.15, -0.1) is 0 Å². The third-order valence-corrected chi connectivity index (χ3v) is 5.65. The Kier molecular flexibility index (Phi) is 6.48. The Bertz CT molecular complexity index is 1030. The number of ether oxygens (including phenoxy) is 2. The van der Waals surface area contributed by atoms with Crippen LogP contribution >= 0.6 is 0 Å². The molecule has 31 heavy (non-hydrogen) atoms. The minimum absolute atomic E-state index is 0.274. The largest absolute Gasteiger partial charge is 0.497 e. The summed E-state index contributed by atoms with van der Waals surface area (Å²) in [6.45, 7) is 0. The van der Waals surface area contributed by atoms with Crippen molar-refractivity contribution in [2.24, 2.45) is 0 Å². The van der Waals surface area contributed by atoms with E-state index in [2.05, 4.69) is 0 Å². The summed E-state index contributed by atoms with van der Waals surface area (Å²) in [6.07, 6.45) is 7.42. The molecule has 1 aliphatic carbocycles. The van der Waals surface area contributed by atoms with E-state index in [4.69, 9.17) is 9.47 Å². The zero-order valence-electron chi connectivity index (χ0n) is 17.5. The minimum atomic E-state index is -0.930. The summed E-state index contributed by atoms with van der Waals surface area (Å²) >= 11 is 0. The van der Waals surface area contributed by atoms with Crippen molar-refractivity contribution >= 4 is 17.6 Å². The third-order valence-electron chi connectivity index (χ3n) is 5.65. The average molecular weight is 415 g/mol. The van der Waals surface area contributed by atoms with Gasteiger partial charge in [-0.2, -0.15) is 0 Å². The quantitative estimate of drug-likeness (QED) is 0.527. The van der Waals surface area contributed by atoms with E-state index in [9.17, 15) is 9.90 Å². The number of carboxylic acid groups (broad SMARTS) is 1. The molecular formula is C27H26O4. The van der Waals surface area contributed by atoms with E-state index >= 15 is 0 Å². The van der Waals surface area contributed by atoms with Crippen LogP contribution < -0.4 is 4.74 Å². The second kappa shape index (κ2) is 9.63. The Morgan fingerprint density at radius 1 is 0.903 bits per heavy atom. The number of methoxy groups -OCH3 is 1. The van der Waals surface area contributed by atoms with E-state index in [-0.39, 0.29) is 5.56 Å². The lowest BCUT2D eigenvalue weighted by atomic mass is 9.95. The van der Waals surface area contributed by atoms with Gasteiger partial charge in [-0.05, 0) is 71.9 Å². The van der Waals surface area contributed by atoms with Gasteiger partial charge >= 0.3 is 5.97 Å². The van der Waals surface area contributed by atoms with Crippen LogP contribution in [-0.4, -0.2) is 30.4 Å². The van der Waals surface area contributed by atoms with Gasteiger partial charge in [-0.1, -0.05) is 54.6 Å². The van der Waals surface area contributed by atoms with E-state index in [0.29, 0.717) is 12.2 Å². The summed E-state index contributed by atoms with van der Waals surface area (Å²) in [5.41, 5.74) is 4.23. The maximum absolute atomic E-state index is 11.2. The Labute approximate surface area is 182 Å². The van der Waals surface area contributed by atoms with Crippen LogP contribution in [0.5, 0.6) is 5.75 Å². The number of fused-ring (bicyclic) bond motifs is 1. The molecule has 3 aromatic rings. The number of carbonyl (C=O) groups is 1. The predicted molar refractivity (Wildman–Crippen MR) is 122 cm³/mol. The van der Waals surface area contributed by atoms with Crippen LogP contribution in [0, 0.1) is 0 Å². The molecule has 3 aliphatic rings. The molecule has 2 bridgehead atoms. The first kappa shape index (κ1) is 20.9. The second-order valence-electron chi connectivity index (χ2n) is 7.78. The summed E-state index contributed by atoms with van der Waals surface area (Å²) in [5.74, 6) is -0.134. The zero-order valence-corrected chi connectivity index (χ0v) is 17.5. The molecule has 0 amide bonds. The third kappa shape index (κ3) is 5.22. The monoisotopic (exact) mass is 414 g/mol. The lowest BCUT2D eigenvalue weighted by molar-refractivity contribution is -0.0647. The Hall–Kier alpha value is -3.37. The fourth-order valence-electron chi connectivity index (χ4n) is 3.95. The molecule has 6 rings (SSSR count). The zero-order chi connectivity index (χ0) is 21.6. The van der Waals surface area contributed by atoms with Crippen LogP contribution in [-0.2, 0) is 4.74 Å². The van der Waals surface area contributed by atoms with Gasteiger partial charge in [-0.25, -0.2) is 4.79 Å². The summed E-state index contributed by atoms with van der Waals surface area (Å²) < 4.78 is 10.5. The fourth-order valence-corrected chi connectivity index (χ4v) is 3.95. The van der Waals surface area contributed by atoms with Crippen LogP contribution in [0.3, 0.4) is 0 Å². The first-order valence-corrected chi connectivity index (χ1v) is 10.5. The molecule has 0 aromatic heterocycles. The summed E-state index contributed by atoms with van der Waals surface area (Å²) in [7, 11) is 1.64. The van der Waals surface area contributed by atoms with Crippen LogP contribution in [0.25, 0.3) is 11.6 Å². The highest BCUT2D eigenvalue weighted by Crippen LogP contribution is 2.36. The minimum Gasteiger partial charge on any atom is -0.497 e. The SMILES string of the molecule is C1CC2CC1O2.COc1ccc(C(=Cc2cccc(C(=O)O)c2)c2ccccc2)cc1. The molecule has 158 valence electrons. The summed E-state index contributed by atoms with van der Waals surface area (Å²) in [6, 6.07) is 24.8. The fraction of sp³-hybridized carbons (Fsp3) is 0.222. The second-order valence-corrected chi connectivity index (χ2v) is 7.78. The molecular weight excluding hydrogens is 388 g/mol. The highest BCUT2D eigenvalue weighted by Gasteiger charge is 2.36. The van der Waals surface area contributed by atoms with Gasteiger partial charge in [0, 0.05) is 0 Å². The number of hydrogen-bond donors (Lipinski definition) is 1. The Morgan fingerprint density at radius 3 is 2.06 bits per heavy atom. The van der Waals surface area contributed by atoms with E-state index < -0.39 is 5.97 Å². The molecule has 4 nitrogen and oxygen atoms in total. The lowest BCUT2D eigenvalue weighted by Crippen LogP contribution is -2.25. The lowest BCUT2D eigenvalue weighted by Gasteiger charge is -2.23. The topological polar surface area (TPSA) is 55.8 Å². The van der Waals surface area contributed by atoms with Crippen LogP contribution in [0.15, 0.2) is 78.9 Å². The molecule has 0 radical (unpaired) electrons. The number of carboxylic acids is 1. The van der Waals surface area contributed by atoms with Crippen molar-refractivity contribution in [1.82, 2.24) is 0 Å². The normalized spacial score (nSPS) is 19.1. The first-order valence-electron chi connectivity index (χ1n) is 10.5. The van der Waals surface area contributed by atoms with Crippen LogP contribution in [0.2, 0.25) is 0 Å². The van der Waals surface area contributed by atoms with Crippen molar-refractivity contribution in [2.75, 3.05) is 7.11 Å². The van der Waals surface area contributed by atoms with Crippen molar-refractivity contribution in [2.45, 2.75) is 31.5 Å². The Balaban J connectivity index is 0.000000325. The predicted octanol–water partition coefficient (Wildman–Crippen LogP) is 5.92. The van der Waals surface area contributed by atoms with Crippen LogP contribution in [0.1, 0.15) is 46.3 Å². The highest BCUT2D eigenvalue weighted by molar-refractivity contribution is 5.93. The molecule has 2 atom stereocenters. The molecule has 4 heteroatoms. The standard InChI is InChI=1S/C22H18O3.C5H8O/c1-25-20-12-10-18(11-13-20)21(17-7-3-2-4-8-17)15-16-6-5-9-19(14-16)22(23)24;1-2-5-3-4(1)6-5/h2-15H,1H3,(H,23,24);4-5H,1-3H2. The van der Waals surface area contributed by atoms with Crippen LogP contribution in [0.4, 0.5) is 0 Å². The molecule has 2 unspecified atom stereocenters. The molecule has 3 aromatic carbocycles. The van der Waals surface area contributed by atoms with E-state index in [1.54, 1.807) is 25.3 Å². The van der Waals surface area contributed by atoms with Gasteiger partial charge in [0.1, 0.15) is 5.75 Å². The van der Waals surface area contributed by atoms with Gasteiger partial charge in [-0.3, -0.25) is 0 Å². The van der Waals surface area contributed by atoms with Crippen molar-refractivity contribution in [3.05, 3.63) is 101 Å². The van der Waals surface area contributed by atoms with Gasteiger partial charge in [0.05, 0.1) is 24.9 Å². The molecule has 1 N–H and O–H groups in total. The molecule has 1 saturated carbocycles. The smallest absolute Gasteiger partial charge is 0.335 e. The summed E-state index contributed by atoms with van der Waals surface area (Å²) in [5, 5.41) is 9.20. The van der Waals surface area contributed by atoms with Crippen molar-refractivity contribution in [3.63, 3.8) is 0 Å². The molecule has 2 saturated heterocycles. The van der Waals surface area contributed by atoms with Gasteiger partial charge in [0.15, 0.2) is 0 Å². The maximum atomic E-state index is 11.2. The number of rotatable bonds is 5. The van der Waals surface area contributed by atoms with E-state index in [1.165, 1.54) is 19.3 Å². The maximum Gasteiger partial charge on any atom is 0.335 e. The van der Waals surface area contributed by atoms with Crippen molar-refractivity contribution < 1.29 is 19.4 Å². The van der Waals surface area contributed by atoms with Gasteiger partial charge < -0.3 is 14.6 Å². The molecule has 3 fully saturated rings. The molecule has 2 aliphatic heterocycles. The number of hydrogen-bond acceptors (Lipinski definition) is 3. The number of aromatic carboxylic acids is 1. The summed E-state index contributed by atoms with van der Waals surface area (Å²) in [4.78, 5) is 11.2. The van der Waals surface area contributed by atoms with Gasteiger partial charge in [0.2, 0.25) is 0 Å². The van der Waals surface area contributed by atoms with Crippen molar-refractivity contribution in [3.8, 4) is 5.75 Å². The molecule has 0 spiro atoms. The van der Waals surface area contributed by atoms with Gasteiger partial charge in [0.25, 0.3) is 0 Å². The van der Waals surface area contributed by atoms with E-state index in [0.717, 1.165) is 28.0 Å². The average Bonchev–Trinajstić information content (AvgIpc) is 3.46. The van der Waals surface area contributed by atoms with E-state index in [1.807, 2.05) is 66.7 Å². The Morgan fingerprint density at radius 2 is 1.52 bits per heavy atom. The highest BCUT2D eigenvalue weighted by atomic mass is 16.5. The number of benzene rings is 3. The van der Waals surface area contributed by atoms with Crippen molar-refractivity contribution in [1.29, 1.82) is 0 Å². The molecule has 2 heterocycles. The first-order chi connectivity index (χ1) is 15.1.